The summed E-state index contributed by atoms with van der Waals surface area (Å²) in [7, 11) is 5.92. The standard InChI is InChI=1S/C15H20N4O/c1-11(20)17-14(15-16-9-10-19(15)4)12-5-7-13(8-6-12)18(2)3/h5-10,14H,1-4H3,(H,17,20). The van der Waals surface area contributed by atoms with E-state index in [1.54, 1.807) is 6.20 Å². The summed E-state index contributed by atoms with van der Waals surface area (Å²) in [5.74, 6) is 0.743. The van der Waals surface area contributed by atoms with Crippen molar-refractivity contribution in [1.82, 2.24) is 14.9 Å². The van der Waals surface area contributed by atoms with Gasteiger partial charge >= 0.3 is 0 Å². The Morgan fingerprint density at radius 1 is 1.30 bits per heavy atom. The highest BCUT2D eigenvalue weighted by atomic mass is 16.1. The van der Waals surface area contributed by atoms with Crippen LogP contribution in [0.5, 0.6) is 0 Å². The summed E-state index contributed by atoms with van der Waals surface area (Å²) in [6, 6.07) is 7.87. The molecule has 20 heavy (non-hydrogen) atoms. The molecule has 0 aliphatic rings. The second-order valence-corrected chi connectivity index (χ2v) is 5.02. The van der Waals surface area contributed by atoms with E-state index in [1.165, 1.54) is 6.92 Å². The fourth-order valence-corrected chi connectivity index (χ4v) is 2.12. The number of amides is 1. The molecule has 1 amide bonds. The highest BCUT2D eigenvalue weighted by molar-refractivity contribution is 5.74. The Kier molecular flexibility index (Phi) is 4.08. The van der Waals surface area contributed by atoms with Gasteiger partial charge in [-0.1, -0.05) is 12.1 Å². The first kappa shape index (κ1) is 14.1. The molecule has 1 aromatic carbocycles. The van der Waals surface area contributed by atoms with E-state index in [-0.39, 0.29) is 11.9 Å². The Hall–Kier alpha value is -2.30. The van der Waals surface area contributed by atoms with Crippen LogP contribution in [0.3, 0.4) is 0 Å². The van der Waals surface area contributed by atoms with Crippen LogP contribution >= 0.6 is 0 Å². The molecule has 2 rings (SSSR count). The number of hydrogen-bond acceptors (Lipinski definition) is 3. The molecule has 106 valence electrons. The van der Waals surface area contributed by atoms with Gasteiger partial charge in [-0.3, -0.25) is 4.79 Å². The van der Waals surface area contributed by atoms with Crippen molar-refractivity contribution < 1.29 is 4.79 Å². The molecular weight excluding hydrogens is 252 g/mol. The van der Waals surface area contributed by atoms with Crippen molar-refractivity contribution in [1.29, 1.82) is 0 Å². The summed E-state index contributed by atoms with van der Waals surface area (Å²) < 4.78 is 1.92. The predicted octanol–water partition coefficient (Wildman–Crippen LogP) is 1.71. The molecule has 5 heteroatoms. The zero-order valence-corrected chi connectivity index (χ0v) is 12.3. The van der Waals surface area contributed by atoms with E-state index < -0.39 is 0 Å². The van der Waals surface area contributed by atoms with Crippen LogP contribution in [0.1, 0.15) is 24.4 Å². The average Bonchev–Trinajstić information content (AvgIpc) is 2.82. The SMILES string of the molecule is CC(=O)NC(c1ccc(N(C)C)cc1)c1nccn1C. The van der Waals surface area contributed by atoms with Crippen LogP contribution in [0.15, 0.2) is 36.7 Å². The largest absolute Gasteiger partial charge is 0.378 e. The first-order valence-electron chi connectivity index (χ1n) is 6.50. The molecule has 1 heterocycles. The van der Waals surface area contributed by atoms with Crippen LogP contribution < -0.4 is 10.2 Å². The molecular formula is C15H20N4O. The van der Waals surface area contributed by atoms with Crippen LogP contribution in [0, 0.1) is 0 Å². The van der Waals surface area contributed by atoms with Crippen LogP contribution in [0.25, 0.3) is 0 Å². The molecule has 0 spiro atoms. The highest BCUT2D eigenvalue weighted by Crippen LogP contribution is 2.22. The molecule has 5 nitrogen and oxygen atoms in total. The first-order chi connectivity index (χ1) is 9.49. The zero-order valence-electron chi connectivity index (χ0n) is 12.3. The molecule has 1 atom stereocenters. The van der Waals surface area contributed by atoms with Crippen LogP contribution in [-0.4, -0.2) is 29.6 Å². The zero-order chi connectivity index (χ0) is 14.7. The van der Waals surface area contributed by atoms with Gasteiger partial charge < -0.3 is 14.8 Å². The summed E-state index contributed by atoms with van der Waals surface area (Å²) in [6.45, 7) is 1.52. The maximum absolute atomic E-state index is 11.5. The number of imidazole rings is 1. The lowest BCUT2D eigenvalue weighted by molar-refractivity contribution is -0.119. The highest BCUT2D eigenvalue weighted by Gasteiger charge is 2.19. The number of carbonyl (C=O) groups excluding carboxylic acids is 1. The number of nitrogens with one attached hydrogen (secondary N) is 1. The molecule has 0 fully saturated rings. The van der Waals surface area contributed by atoms with E-state index in [0.717, 1.165) is 17.1 Å². The number of benzene rings is 1. The molecule has 2 aromatic rings. The van der Waals surface area contributed by atoms with Gasteiger partial charge in [0.1, 0.15) is 11.9 Å². The Morgan fingerprint density at radius 3 is 2.40 bits per heavy atom. The van der Waals surface area contributed by atoms with Crippen LogP contribution in [-0.2, 0) is 11.8 Å². The number of anilines is 1. The molecule has 0 saturated carbocycles. The van der Waals surface area contributed by atoms with Gasteiger partial charge in [0.15, 0.2) is 0 Å². The Balaban J connectivity index is 2.36. The third-order valence-corrected chi connectivity index (χ3v) is 3.21. The Bertz CT molecular complexity index is 586. The quantitative estimate of drug-likeness (QED) is 0.922. The topological polar surface area (TPSA) is 50.2 Å². The van der Waals surface area contributed by atoms with E-state index in [1.807, 2.05) is 61.1 Å². The summed E-state index contributed by atoms with van der Waals surface area (Å²) in [4.78, 5) is 17.8. The van der Waals surface area contributed by atoms with Crippen LogP contribution in [0.2, 0.25) is 0 Å². The molecule has 1 aromatic heterocycles. The minimum Gasteiger partial charge on any atom is -0.378 e. The third kappa shape index (κ3) is 2.99. The van der Waals surface area contributed by atoms with Crippen molar-refractivity contribution in [2.45, 2.75) is 13.0 Å². The van der Waals surface area contributed by atoms with Gasteiger partial charge in [-0.05, 0) is 17.7 Å². The van der Waals surface area contributed by atoms with E-state index in [2.05, 4.69) is 10.3 Å². The molecule has 0 aliphatic carbocycles. The van der Waals surface area contributed by atoms with Crippen molar-refractivity contribution in [3.8, 4) is 0 Å². The normalized spacial score (nSPS) is 12.0. The number of rotatable bonds is 4. The smallest absolute Gasteiger partial charge is 0.217 e. The molecule has 0 radical (unpaired) electrons. The summed E-state index contributed by atoms with van der Waals surface area (Å²) >= 11 is 0. The Morgan fingerprint density at radius 2 is 1.95 bits per heavy atom. The van der Waals surface area contributed by atoms with E-state index in [4.69, 9.17) is 0 Å². The lowest BCUT2D eigenvalue weighted by Gasteiger charge is -2.19. The van der Waals surface area contributed by atoms with Gasteiger partial charge in [0.05, 0.1) is 0 Å². The number of aromatic nitrogens is 2. The fourth-order valence-electron chi connectivity index (χ4n) is 2.12. The number of nitrogens with zero attached hydrogens (tertiary/aromatic N) is 3. The van der Waals surface area contributed by atoms with E-state index in [9.17, 15) is 4.79 Å². The lowest BCUT2D eigenvalue weighted by atomic mass is 10.1. The van der Waals surface area contributed by atoms with E-state index >= 15 is 0 Å². The van der Waals surface area contributed by atoms with Crippen LogP contribution in [0.4, 0.5) is 5.69 Å². The minimum absolute atomic E-state index is 0.0744. The molecule has 0 saturated heterocycles. The fraction of sp³-hybridized carbons (Fsp3) is 0.333. The molecule has 1 N–H and O–H groups in total. The van der Waals surface area contributed by atoms with Crippen molar-refractivity contribution >= 4 is 11.6 Å². The minimum atomic E-state index is -0.233. The second kappa shape index (κ2) is 5.77. The number of hydrogen-bond donors (Lipinski definition) is 1. The lowest BCUT2D eigenvalue weighted by Crippen LogP contribution is -2.29. The summed E-state index contributed by atoms with van der Waals surface area (Å²) in [5, 5.41) is 2.95. The third-order valence-electron chi connectivity index (χ3n) is 3.21. The van der Waals surface area contributed by atoms with Gasteiger partial charge in [-0.15, -0.1) is 0 Å². The Labute approximate surface area is 119 Å². The number of carbonyl (C=O) groups is 1. The first-order valence-corrected chi connectivity index (χ1v) is 6.50. The summed E-state index contributed by atoms with van der Waals surface area (Å²) in [6.07, 6.45) is 3.61. The van der Waals surface area contributed by atoms with Crippen molar-refractivity contribution in [2.24, 2.45) is 7.05 Å². The van der Waals surface area contributed by atoms with E-state index in [0.29, 0.717) is 0 Å². The van der Waals surface area contributed by atoms with Gasteiger partial charge in [0, 0.05) is 46.1 Å². The maximum atomic E-state index is 11.5. The van der Waals surface area contributed by atoms with Gasteiger partial charge in [0.25, 0.3) is 0 Å². The second-order valence-electron chi connectivity index (χ2n) is 5.02. The molecule has 0 aliphatic heterocycles. The van der Waals surface area contributed by atoms with Crippen molar-refractivity contribution in [3.63, 3.8) is 0 Å². The van der Waals surface area contributed by atoms with Gasteiger partial charge in [-0.25, -0.2) is 4.98 Å². The number of aryl methyl sites for hydroxylation is 1. The maximum Gasteiger partial charge on any atom is 0.217 e. The monoisotopic (exact) mass is 272 g/mol. The summed E-state index contributed by atoms with van der Waals surface area (Å²) in [5.41, 5.74) is 2.13. The molecule has 1 unspecified atom stereocenters. The molecule has 0 bridgehead atoms. The average molecular weight is 272 g/mol. The van der Waals surface area contributed by atoms with Gasteiger partial charge in [0.2, 0.25) is 5.91 Å². The predicted molar refractivity (Wildman–Crippen MR) is 79.6 cm³/mol. The van der Waals surface area contributed by atoms with Crippen molar-refractivity contribution in [2.75, 3.05) is 19.0 Å². The van der Waals surface area contributed by atoms with Gasteiger partial charge in [-0.2, -0.15) is 0 Å². The van der Waals surface area contributed by atoms with Crippen molar-refractivity contribution in [3.05, 3.63) is 48.0 Å².